The highest BCUT2D eigenvalue weighted by Gasteiger charge is 2.23. The predicted molar refractivity (Wildman–Crippen MR) is 95.3 cm³/mol. The summed E-state index contributed by atoms with van der Waals surface area (Å²) in [6, 6.07) is 18.1. The molecule has 2 rings (SSSR count). The number of anilines is 2. The number of amides is 2. The Morgan fingerprint density at radius 2 is 1.38 bits per heavy atom. The topological polar surface area (TPSA) is 49.9 Å². The summed E-state index contributed by atoms with van der Waals surface area (Å²) in [6.45, 7) is 6.09. The summed E-state index contributed by atoms with van der Waals surface area (Å²) in [4.78, 5) is 27.5. The molecule has 0 bridgehead atoms. The third-order valence-corrected chi connectivity index (χ3v) is 3.38. The zero-order chi connectivity index (χ0) is 17.4. The lowest BCUT2D eigenvalue weighted by Crippen LogP contribution is -2.39. The van der Waals surface area contributed by atoms with Gasteiger partial charge in [0, 0.05) is 24.5 Å². The highest BCUT2D eigenvalue weighted by Crippen LogP contribution is 2.17. The van der Waals surface area contributed by atoms with Gasteiger partial charge in [-0.25, -0.2) is 9.59 Å². The van der Waals surface area contributed by atoms with Gasteiger partial charge in [0.2, 0.25) is 0 Å². The molecule has 5 nitrogen and oxygen atoms in total. The monoisotopic (exact) mass is 324 g/mol. The maximum absolute atomic E-state index is 12.4. The third-order valence-electron chi connectivity index (χ3n) is 3.38. The average Bonchev–Trinajstić information content (AvgIpc) is 2.62. The zero-order valence-corrected chi connectivity index (χ0v) is 13.6. The first-order valence-electron chi connectivity index (χ1n) is 7.69. The quantitative estimate of drug-likeness (QED) is 0.602. The van der Waals surface area contributed by atoms with Crippen molar-refractivity contribution in [2.24, 2.45) is 0 Å². The first kappa shape index (κ1) is 17.3. The average molecular weight is 324 g/mol. The van der Waals surface area contributed by atoms with E-state index in [4.69, 9.17) is 4.74 Å². The van der Waals surface area contributed by atoms with Gasteiger partial charge in [-0.2, -0.15) is 0 Å². The molecule has 0 aliphatic carbocycles. The third kappa shape index (κ3) is 4.23. The lowest BCUT2D eigenvalue weighted by molar-refractivity contribution is 0.160. The van der Waals surface area contributed by atoms with Crippen LogP contribution in [-0.4, -0.2) is 25.3 Å². The van der Waals surface area contributed by atoms with Crippen molar-refractivity contribution in [1.82, 2.24) is 0 Å². The van der Waals surface area contributed by atoms with Crippen molar-refractivity contribution in [3.63, 3.8) is 0 Å². The van der Waals surface area contributed by atoms with E-state index >= 15 is 0 Å². The van der Waals surface area contributed by atoms with Gasteiger partial charge in [-0.05, 0) is 31.2 Å². The molecule has 0 unspecified atom stereocenters. The summed E-state index contributed by atoms with van der Waals surface area (Å²) in [5.41, 5.74) is 1.31. The minimum atomic E-state index is -0.736. The standard InChI is InChI=1S/C19H20N2O3/c1-3-15-21(17-13-9-6-10-14-17)19(23)24-18(22)20(4-2)16-11-7-5-8-12-16/h3,5-14H,1,4,15H2,2H3. The molecule has 2 aromatic carbocycles. The van der Waals surface area contributed by atoms with Crippen molar-refractivity contribution in [2.45, 2.75) is 6.92 Å². The van der Waals surface area contributed by atoms with E-state index in [-0.39, 0.29) is 6.54 Å². The van der Waals surface area contributed by atoms with E-state index in [1.54, 1.807) is 30.3 Å². The Hall–Kier alpha value is -3.08. The molecule has 0 fully saturated rings. The molecule has 0 saturated carbocycles. The molecule has 0 aliphatic rings. The maximum atomic E-state index is 12.4. The summed E-state index contributed by atoms with van der Waals surface area (Å²) in [5.74, 6) is 0. The molecule has 0 aliphatic heterocycles. The molecule has 0 saturated heterocycles. The molecule has 5 heteroatoms. The second kappa shape index (κ2) is 8.53. The van der Waals surface area contributed by atoms with Crippen molar-refractivity contribution in [3.05, 3.63) is 73.3 Å². The first-order valence-corrected chi connectivity index (χ1v) is 7.69. The smallest absolute Gasteiger partial charge is 0.359 e. The van der Waals surface area contributed by atoms with Crippen LogP contribution in [0.25, 0.3) is 0 Å². The van der Waals surface area contributed by atoms with Crippen molar-refractivity contribution >= 4 is 23.6 Å². The van der Waals surface area contributed by atoms with Crippen LogP contribution in [0.5, 0.6) is 0 Å². The highest BCUT2D eigenvalue weighted by atomic mass is 16.6. The minimum Gasteiger partial charge on any atom is -0.359 e. The second-order valence-corrected chi connectivity index (χ2v) is 4.95. The lowest BCUT2D eigenvalue weighted by atomic mass is 10.3. The van der Waals surface area contributed by atoms with E-state index in [0.29, 0.717) is 17.9 Å². The molecule has 0 heterocycles. The van der Waals surface area contributed by atoms with Crippen molar-refractivity contribution in [3.8, 4) is 0 Å². The molecule has 0 aromatic heterocycles. The summed E-state index contributed by atoms with van der Waals surface area (Å²) >= 11 is 0. The number of benzene rings is 2. The van der Waals surface area contributed by atoms with E-state index in [1.807, 2.05) is 43.3 Å². The van der Waals surface area contributed by atoms with Crippen LogP contribution in [-0.2, 0) is 4.74 Å². The molecule has 24 heavy (non-hydrogen) atoms. The summed E-state index contributed by atoms with van der Waals surface area (Å²) < 4.78 is 5.05. The highest BCUT2D eigenvalue weighted by molar-refractivity contribution is 5.99. The number of hydrogen-bond donors (Lipinski definition) is 0. The first-order chi connectivity index (χ1) is 11.7. The van der Waals surface area contributed by atoms with E-state index in [9.17, 15) is 9.59 Å². The SMILES string of the molecule is C=CCN(C(=O)OC(=O)N(CC)c1ccccc1)c1ccccc1. The number of hydrogen-bond acceptors (Lipinski definition) is 3. The number of carbonyl (C=O) groups excluding carboxylic acids is 2. The summed E-state index contributed by atoms with van der Waals surface area (Å²) in [5, 5.41) is 0. The van der Waals surface area contributed by atoms with E-state index in [1.165, 1.54) is 9.80 Å². The number of nitrogens with zero attached hydrogens (tertiary/aromatic N) is 2. The van der Waals surface area contributed by atoms with Gasteiger partial charge in [0.15, 0.2) is 0 Å². The van der Waals surface area contributed by atoms with Gasteiger partial charge in [-0.3, -0.25) is 9.80 Å². The van der Waals surface area contributed by atoms with Crippen LogP contribution in [0.4, 0.5) is 21.0 Å². The van der Waals surface area contributed by atoms with Gasteiger partial charge in [0.25, 0.3) is 0 Å². The zero-order valence-electron chi connectivity index (χ0n) is 13.6. The van der Waals surface area contributed by atoms with Crippen LogP contribution in [0.2, 0.25) is 0 Å². The van der Waals surface area contributed by atoms with Gasteiger partial charge < -0.3 is 4.74 Å². The number of rotatable bonds is 5. The molecular formula is C19H20N2O3. The molecule has 124 valence electrons. The van der Waals surface area contributed by atoms with E-state index < -0.39 is 12.2 Å². The van der Waals surface area contributed by atoms with Gasteiger partial charge in [-0.1, -0.05) is 42.5 Å². The van der Waals surface area contributed by atoms with Crippen molar-refractivity contribution < 1.29 is 14.3 Å². The minimum absolute atomic E-state index is 0.244. The van der Waals surface area contributed by atoms with E-state index in [2.05, 4.69) is 6.58 Å². The van der Waals surface area contributed by atoms with Crippen LogP contribution in [0.15, 0.2) is 73.3 Å². The summed E-state index contributed by atoms with van der Waals surface area (Å²) in [6.07, 6.45) is 0.132. The predicted octanol–water partition coefficient (Wildman–Crippen LogP) is 4.46. The van der Waals surface area contributed by atoms with E-state index in [0.717, 1.165) is 0 Å². The van der Waals surface area contributed by atoms with Gasteiger partial charge in [-0.15, -0.1) is 6.58 Å². The summed E-state index contributed by atoms with van der Waals surface area (Å²) in [7, 11) is 0. The molecule has 0 atom stereocenters. The van der Waals surface area contributed by atoms with Crippen LogP contribution < -0.4 is 9.80 Å². The molecule has 0 spiro atoms. The van der Waals surface area contributed by atoms with Crippen LogP contribution >= 0.6 is 0 Å². The second-order valence-electron chi connectivity index (χ2n) is 4.95. The fraction of sp³-hybridized carbons (Fsp3) is 0.158. The molecular weight excluding hydrogens is 304 g/mol. The fourth-order valence-corrected chi connectivity index (χ4v) is 2.23. The maximum Gasteiger partial charge on any atom is 0.423 e. The Labute approximate surface area is 141 Å². The largest absolute Gasteiger partial charge is 0.423 e. The molecule has 2 aromatic rings. The Kier molecular flexibility index (Phi) is 6.14. The molecule has 2 amide bonds. The van der Waals surface area contributed by atoms with Gasteiger partial charge in [0.1, 0.15) is 0 Å². The van der Waals surface area contributed by atoms with Crippen molar-refractivity contribution in [1.29, 1.82) is 0 Å². The fourth-order valence-electron chi connectivity index (χ4n) is 2.23. The van der Waals surface area contributed by atoms with Crippen LogP contribution in [0.1, 0.15) is 6.92 Å². The molecule has 0 radical (unpaired) electrons. The van der Waals surface area contributed by atoms with Crippen molar-refractivity contribution in [2.75, 3.05) is 22.9 Å². The lowest BCUT2D eigenvalue weighted by Gasteiger charge is -2.23. The van der Waals surface area contributed by atoms with Crippen LogP contribution in [0, 0.1) is 0 Å². The van der Waals surface area contributed by atoms with Gasteiger partial charge in [0.05, 0.1) is 0 Å². The Bertz CT molecular complexity index is 686. The number of ether oxygens (including phenoxy) is 1. The molecule has 0 N–H and O–H groups in total. The number of carbonyl (C=O) groups is 2. The Morgan fingerprint density at radius 1 is 0.917 bits per heavy atom. The Balaban J connectivity index is 2.13. The Morgan fingerprint density at radius 3 is 1.83 bits per heavy atom. The normalized spacial score (nSPS) is 9.88. The number of para-hydroxylation sites is 2. The van der Waals surface area contributed by atoms with Gasteiger partial charge >= 0.3 is 12.2 Å². The van der Waals surface area contributed by atoms with Crippen LogP contribution in [0.3, 0.4) is 0 Å².